The lowest BCUT2D eigenvalue weighted by Gasteiger charge is -2.48. The summed E-state index contributed by atoms with van der Waals surface area (Å²) in [5, 5.41) is 17.1. The number of piperidine rings is 1. The molecule has 0 saturated carbocycles. The van der Waals surface area contributed by atoms with Crippen molar-refractivity contribution in [3.05, 3.63) is 112 Å². The summed E-state index contributed by atoms with van der Waals surface area (Å²) in [5.74, 6) is 0.260. The molecule has 64 heavy (non-hydrogen) atoms. The van der Waals surface area contributed by atoms with E-state index in [9.17, 15) is 19.5 Å². The third kappa shape index (κ3) is 8.06. The van der Waals surface area contributed by atoms with Crippen molar-refractivity contribution in [2.45, 2.75) is 91.6 Å². The summed E-state index contributed by atoms with van der Waals surface area (Å²) in [7, 11) is 1.67. The number of carbonyl (C=O) groups is 2. The third-order valence-electron chi connectivity index (χ3n) is 13.7. The quantitative estimate of drug-likeness (QED) is 0.140. The lowest BCUT2D eigenvalue weighted by Crippen LogP contribution is -2.58. The highest BCUT2D eigenvalue weighted by Crippen LogP contribution is 2.41. The second kappa shape index (κ2) is 17.0. The van der Waals surface area contributed by atoms with Gasteiger partial charge in [0, 0.05) is 117 Å². The van der Waals surface area contributed by atoms with Crippen LogP contribution in [-0.2, 0) is 37.8 Å². The van der Waals surface area contributed by atoms with E-state index in [1.807, 2.05) is 19.2 Å². The molecule has 0 aromatic carbocycles. The Kier molecular flexibility index (Phi) is 11.4. The maximum Gasteiger partial charge on any atom is 0.276 e. The molecule has 15 heteroatoms. The molecule has 2 saturated heterocycles. The number of hydrogen-bond donors (Lipinski definition) is 3. The second-order valence-electron chi connectivity index (χ2n) is 18.8. The number of rotatable bonds is 10. The molecule has 1 unspecified atom stereocenters. The predicted molar refractivity (Wildman–Crippen MR) is 252 cm³/mol. The molecule has 9 rings (SSSR count). The van der Waals surface area contributed by atoms with Gasteiger partial charge in [-0.2, -0.15) is 0 Å². The number of amides is 2. The molecule has 2 amide bonds. The molecule has 5 aromatic rings. The van der Waals surface area contributed by atoms with Gasteiger partial charge in [-0.05, 0) is 99.4 Å². The highest BCUT2D eigenvalue weighted by atomic mass is 16.3. The van der Waals surface area contributed by atoms with Gasteiger partial charge >= 0.3 is 0 Å². The van der Waals surface area contributed by atoms with Gasteiger partial charge in [0.05, 0.1) is 24.2 Å². The number of aryl methyl sites for hydroxylation is 2. The van der Waals surface area contributed by atoms with Crippen molar-refractivity contribution in [2.75, 3.05) is 58.1 Å². The van der Waals surface area contributed by atoms with Crippen LogP contribution in [0.25, 0.3) is 11.1 Å². The lowest BCUT2D eigenvalue weighted by atomic mass is 9.90. The van der Waals surface area contributed by atoms with Gasteiger partial charge in [0.1, 0.15) is 23.0 Å². The van der Waals surface area contributed by atoms with E-state index < -0.39 is 0 Å². The number of carbonyl (C=O) groups excluding carboxylic acids is 2. The highest BCUT2D eigenvalue weighted by Gasteiger charge is 2.38. The summed E-state index contributed by atoms with van der Waals surface area (Å²) in [5.41, 5.74) is 8.61. The van der Waals surface area contributed by atoms with Crippen molar-refractivity contribution in [3.8, 4) is 11.1 Å². The van der Waals surface area contributed by atoms with Crippen molar-refractivity contribution in [3.63, 3.8) is 0 Å². The minimum absolute atomic E-state index is 0.138. The maximum absolute atomic E-state index is 14.0. The van der Waals surface area contributed by atoms with Crippen molar-refractivity contribution in [2.24, 2.45) is 12.5 Å². The molecule has 334 valence electrons. The molecule has 3 N–H and O–H groups in total. The van der Waals surface area contributed by atoms with Crippen LogP contribution in [-0.4, -0.2) is 96.8 Å². The Morgan fingerprint density at radius 1 is 0.953 bits per heavy atom. The van der Waals surface area contributed by atoms with Crippen LogP contribution in [0.1, 0.15) is 73.5 Å². The molecule has 2 fully saturated rings. The number of aliphatic hydroxyl groups is 1. The molecule has 0 spiro atoms. The van der Waals surface area contributed by atoms with Gasteiger partial charge in [0.2, 0.25) is 5.91 Å². The van der Waals surface area contributed by atoms with Crippen LogP contribution in [0.15, 0.2) is 78.6 Å². The fraction of sp³-hybridized carbons (Fsp3) is 0.429. The minimum Gasteiger partial charge on any atom is -0.392 e. The molecular weight excluding hydrogens is 807 g/mol. The minimum atomic E-state index is -0.369. The summed E-state index contributed by atoms with van der Waals surface area (Å²) >= 11 is 0. The van der Waals surface area contributed by atoms with Crippen molar-refractivity contribution < 1.29 is 14.7 Å². The predicted octanol–water partition coefficient (Wildman–Crippen LogP) is 6.06. The Balaban J connectivity index is 0.939. The van der Waals surface area contributed by atoms with Crippen LogP contribution in [0.3, 0.4) is 0 Å². The average molecular weight is 866 g/mol. The molecule has 4 aliphatic rings. The van der Waals surface area contributed by atoms with Gasteiger partial charge in [-0.15, -0.1) is 0 Å². The summed E-state index contributed by atoms with van der Waals surface area (Å²) in [4.78, 5) is 63.4. The second-order valence-corrected chi connectivity index (χ2v) is 18.8. The largest absolute Gasteiger partial charge is 0.392 e. The van der Waals surface area contributed by atoms with Crippen LogP contribution >= 0.6 is 0 Å². The SMILES string of the molecule is C=CC(=O)Nc1cc(Nc2cc(-c3ccnc(N4CCn5c(cc6c5CC(C)(C)C6)C4=O)c3CO)cn(C)c2=O)ncc1N1CCN(C2CCN(c3ccnc(C)c3)[C@H](C)C2)C[C@@H]1C. The molecule has 5 aromatic heterocycles. The van der Waals surface area contributed by atoms with Gasteiger partial charge in [0.25, 0.3) is 11.5 Å². The van der Waals surface area contributed by atoms with Gasteiger partial charge in [-0.3, -0.25) is 29.2 Å². The van der Waals surface area contributed by atoms with Crippen LogP contribution in [0.4, 0.5) is 34.4 Å². The Morgan fingerprint density at radius 3 is 2.52 bits per heavy atom. The van der Waals surface area contributed by atoms with Gasteiger partial charge in [-0.25, -0.2) is 9.97 Å². The Bertz CT molecular complexity index is 2710. The zero-order chi connectivity index (χ0) is 45.0. The zero-order valence-corrected chi connectivity index (χ0v) is 37.8. The van der Waals surface area contributed by atoms with Crippen LogP contribution < -0.4 is 30.9 Å². The standard InChI is InChI=1S/C49H59N11O4/c1-8-45(62)54-39-23-44(52-26-43(39)58-16-15-56(27-32(58)4)35-11-14-57(31(3)20-35)36-9-12-50-30(2)19-36)53-40-21-34(28-55(7)47(40)63)37-10-13-51-46(38(37)29-61)60-18-17-59-41(48(60)64)22-33-24-49(5,6)25-42(33)59/h8-10,12-13,19,21-23,26,28,31-32,35,61H,1,11,14-18,20,24-25,27,29H2,2-7H3,(H2,52,53,54,62)/t31-,32+,35?/m1/s1. The molecule has 3 atom stereocenters. The summed E-state index contributed by atoms with van der Waals surface area (Å²) in [6, 6.07) is 12.6. The molecule has 1 aliphatic carbocycles. The molecule has 0 radical (unpaired) electrons. The normalized spacial score (nSPS) is 20.8. The zero-order valence-electron chi connectivity index (χ0n) is 37.8. The van der Waals surface area contributed by atoms with Crippen molar-refractivity contribution in [1.29, 1.82) is 0 Å². The summed E-state index contributed by atoms with van der Waals surface area (Å²) in [6.07, 6.45) is 12.3. The first-order chi connectivity index (χ1) is 30.7. The first kappa shape index (κ1) is 43.0. The average Bonchev–Trinajstić information content (AvgIpc) is 3.77. The van der Waals surface area contributed by atoms with E-state index in [1.54, 1.807) is 48.7 Å². The number of hydrogen-bond acceptors (Lipinski definition) is 11. The number of anilines is 6. The monoisotopic (exact) mass is 865 g/mol. The first-order valence-electron chi connectivity index (χ1n) is 22.4. The van der Waals surface area contributed by atoms with E-state index >= 15 is 0 Å². The Morgan fingerprint density at radius 2 is 1.77 bits per heavy atom. The lowest BCUT2D eigenvalue weighted by molar-refractivity contribution is -0.111. The van der Waals surface area contributed by atoms with Gasteiger partial charge < -0.3 is 34.7 Å². The fourth-order valence-corrected chi connectivity index (χ4v) is 10.6. The number of piperazine rings is 1. The third-order valence-corrected chi connectivity index (χ3v) is 13.7. The smallest absolute Gasteiger partial charge is 0.276 e. The van der Waals surface area contributed by atoms with Crippen LogP contribution in [0, 0.1) is 12.3 Å². The Labute approximate surface area is 374 Å². The number of aromatic nitrogens is 5. The van der Waals surface area contributed by atoms with Crippen molar-refractivity contribution >= 4 is 46.2 Å². The van der Waals surface area contributed by atoms with Gasteiger partial charge in [0.15, 0.2) is 0 Å². The number of pyridine rings is 4. The van der Waals surface area contributed by atoms with Crippen LogP contribution in [0.5, 0.6) is 0 Å². The van der Waals surface area contributed by atoms with Gasteiger partial charge in [-0.1, -0.05) is 20.4 Å². The number of aliphatic hydroxyl groups excluding tert-OH is 1. The summed E-state index contributed by atoms with van der Waals surface area (Å²) < 4.78 is 3.63. The Hall–Kier alpha value is -6.32. The number of nitrogens with one attached hydrogen (secondary N) is 2. The van der Waals surface area contributed by atoms with E-state index in [1.165, 1.54) is 27.6 Å². The topological polar surface area (TPSA) is 157 Å². The summed E-state index contributed by atoms with van der Waals surface area (Å²) in [6.45, 7) is 18.9. The van der Waals surface area contributed by atoms with E-state index in [0.717, 1.165) is 63.2 Å². The molecule has 0 bridgehead atoms. The van der Waals surface area contributed by atoms with Crippen molar-refractivity contribution in [1.82, 2.24) is 29.0 Å². The van der Waals surface area contributed by atoms with E-state index in [0.29, 0.717) is 64.9 Å². The van der Waals surface area contributed by atoms with E-state index in [4.69, 9.17) is 4.98 Å². The van der Waals surface area contributed by atoms with E-state index in [2.05, 4.69) is 86.3 Å². The fourth-order valence-electron chi connectivity index (χ4n) is 10.6. The number of fused-ring (bicyclic) bond motifs is 3. The first-order valence-corrected chi connectivity index (χ1v) is 22.4. The van der Waals surface area contributed by atoms with E-state index in [-0.39, 0.29) is 41.1 Å². The molecule has 8 heterocycles. The number of nitrogens with zero attached hydrogens (tertiary/aromatic N) is 9. The molecular formula is C49H59N11O4. The van der Waals surface area contributed by atoms with Crippen LogP contribution in [0.2, 0.25) is 0 Å². The maximum atomic E-state index is 14.0. The molecule has 15 nitrogen and oxygen atoms in total. The highest BCUT2D eigenvalue weighted by molar-refractivity contribution is 6.06. The molecule has 3 aliphatic heterocycles.